The highest BCUT2D eigenvalue weighted by Gasteiger charge is 2.20. The first kappa shape index (κ1) is 16.1. The van der Waals surface area contributed by atoms with Crippen LogP contribution in [0.15, 0.2) is 12.1 Å². The molecule has 0 heterocycles. The van der Waals surface area contributed by atoms with Gasteiger partial charge in [0.05, 0.1) is 0 Å². The Morgan fingerprint density at radius 1 is 1.16 bits per heavy atom. The lowest BCUT2D eigenvalue weighted by Gasteiger charge is -2.25. The molecule has 19 heavy (non-hydrogen) atoms. The van der Waals surface area contributed by atoms with Crippen LogP contribution in [0, 0.1) is 29.9 Å². The molecule has 0 aliphatic heterocycles. The molecule has 0 bridgehead atoms. The molecule has 0 aromatic heterocycles. The number of rotatable bonds is 4. The van der Waals surface area contributed by atoms with E-state index in [4.69, 9.17) is 5.73 Å². The molecule has 2 N–H and O–H groups in total. The lowest BCUT2D eigenvalue weighted by atomic mass is 9.82. The van der Waals surface area contributed by atoms with Gasteiger partial charge in [-0.25, -0.2) is 8.78 Å². The zero-order valence-corrected chi connectivity index (χ0v) is 12.6. The molecule has 2 atom stereocenters. The van der Waals surface area contributed by atoms with Crippen LogP contribution in [0.2, 0.25) is 0 Å². The van der Waals surface area contributed by atoms with Crippen LogP contribution in [0.25, 0.3) is 0 Å². The van der Waals surface area contributed by atoms with E-state index in [0.29, 0.717) is 23.5 Å². The fourth-order valence-electron chi connectivity index (χ4n) is 2.65. The Morgan fingerprint density at radius 3 is 2.26 bits per heavy atom. The average Bonchev–Trinajstić information content (AvgIpc) is 2.20. The molecule has 0 aliphatic rings. The first-order chi connectivity index (χ1) is 8.60. The van der Waals surface area contributed by atoms with Gasteiger partial charge in [-0.15, -0.1) is 0 Å². The van der Waals surface area contributed by atoms with Gasteiger partial charge in [-0.05, 0) is 42.7 Å². The van der Waals surface area contributed by atoms with Gasteiger partial charge in [0.25, 0.3) is 0 Å². The molecule has 0 radical (unpaired) electrons. The topological polar surface area (TPSA) is 26.0 Å². The number of hydrogen-bond donors (Lipinski definition) is 1. The minimum atomic E-state index is -0.543. The molecule has 108 valence electrons. The van der Waals surface area contributed by atoms with Gasteiger partial charge in [-0.2, -0.15) is 0 Å². The van der Waals surface area contributed by atoms with Crippen LogP contribution in [-0.4, -0.2) is 0 Å². The smallest absolute Gasteiger partial charge is 0.130 e. The van der Waals surface area contributed by atoms with Crippen LogP contribution in [0.5, 0.6) is 0 Å². The summed E-state index contributed by atoms with van der Waals surface area (Å²) in [6.45, 7) is 10.3. The van der Waals surface area contributed by atoms with E-state index < -0.39 is 11.6 Å². The lowest BCUT2D eigenvalue weighted by Crippen LogP contribution is -2.19. The summed E-state index contributed by atoms with van der Waals surface area (Å²) in [5.74, 6) is -0.658. The van der Waals surface area contributed by atoms with Crippen molar-refractivity contribution in [3.8, 4) is 0 Å². The second-order valence-corrected chi connectivity index (χ2v) is 6.84. The normalized spacial score (nSPS) is 15.4. The zero-order chi connectivity index (χ0) is 14.8. The summed E-state index contributed by atoms with van der Waals surface area (Å²) >= 11 is 0. The summed E-state index contributed by atoms with van der Waals surface area (Å²) in [6.07, 6.45) is 1.74. The summed E-state index contributed by atoms with van der Waals surface area (Å²) in [4.78, 5) is 0. The highest BCUT2D eigenvalue weighted by atomic mass is 19.1. The molecular weight excluding hydrogens is 244 g/mol. The maximum absolute atomic E-state index is 13.7. The fraction of sp³-hybridized carbons (Fsp3) is 0.625. The Bertz CT molecular complexity index is 435. The molecule has 0 amide bonds. The first-order valence-corrected chi connectivity index (χ1v) is 6.81. The van der Waals surface area contributed by atoms with Gasteiger partial charge in [0.15, 0.2) is 0 Å². The van der Waals surface area contributed by atoms with Crippen molar-refractivity contribution in [1.82, 2.24) is 0 Å². The molecule has 0 spiro atoms. The van der Waals surface area contributed by atoms with Gasteiger partial charge in [-0.3, -0.25) is 0 Å². The van der Waals surface area contributed by atoms with Crippen LogP contribution in [0.4, 0.5) is 8.78 Å². The zero-order valence-electron chi connectivity index (χ0n) is 12.6. The molecule has 1 nitrogen and oxygen atoms in total. The van der Waals surface area contributed by atoms with Crippen LogP contribution in [0.1, 0.15) is 57.7 Å². The highest BCUT2D eigenvalue weighted by Crippen LogP contribution is 2.30. The third-order valence-corrected chi connectivity index (χ3v) is 3.29. The van der Waals surface area contributed by atoms with E-state index in [1.807, 2.05) is 0 Å². The Balaban J connectivity index is 2.78. The predicted molar refractivity (Wildman–Crippen MR) is 75.9 cm³/mol. The maximum atomic E-state index is 13.7. The van der Waals surface area contributed by atoms with Gasteiger partial charge in [0.1, 0.15) is 11.6 Å². The van der Waals surface area contributed by atoms with Crippen molar-refractivity contribution in [1.29, 1.82) is 0 Å². The van der Waals surface area contributed by atoms with E-state index in [9.17, 15) is 8.78 Å². The molecule has 1 aromatic carbocycles. The molecule has 1 aromatic rings. The number of aryl methyl sites for hydroxylation is 1. The van der Waals surface area contributed by atoms with Crippen molar-refractivity contribution in [3.05, 3.63) is 34.9 Å². The molecule has 2 unspecified atom stereocenters. The van der Waals surface area contributed by atoms with Gasteiger partial charge >= 0.3 is 0 Å². The monoisotopic (exact) mass is 269 g/mol. The molecule has 1 rings (SSSR count). The Labute approximate surface area is 115 Å². The minimum absolute atomic E-state index is 0.233. The standard InChI is InChI=1S/C16H25F2N/c1-10(9-16(3,4)5)6-15(19)12-7-11(2)13(17)8-14(12)18/h7-8,10,15H,6,9,19H2,1-5H3. The van der Waals surface area contributed by atoms with E-state index in [0.717, 1.165) is 12.5 Å². The van der Waals surface area contributed by atoms with Crippen molar-refractivity contribution in [3.63, 3.8) is 0 Å². The summed E-state index contributed by atoms with van der Waals surface area (Å²) in [5, 5.41) is 0. The van der Waals surface area contributed by atoms with Crippen LogP contribution in [-0.2, 0) is 0 Å². The van der Waals surface area contributed by atoms with Crippen molar-refractivity contribution >= 4 is 0 Å². The molecule has 0 aliphatic carbocycles. The maximum Gasteiger partial charge on any atom is 0.130 e. The predicted octanol–water partition coefficient (Wildman–Crippen LogP) is 4.74. The van der Waals surface area contributed by atoms with Gasteiger partial charge in [0.2, 0.25) is 0 Å². The van der Waals surface area contributed by atoms with Gasteiger partial charge < -0.3 is 5.73 Å². The van der Waals surface area contributed by atoms with Crippen molar-refractivity contribution in [2.45, 2.75) is 53.5 Å². The first-order valence-electron chi connectivity index (χ1n) is 6.81. The average molecular weight is 269 g/mol. The minimum Gasteiger partial charge on any atom is -0.324 e. The number of hydrogen-bond acceptors (Lipinski definition) is 1. The van der Waals surface area contributed by atoms with E-state index in [-0.39, 0.29) is 11.5 Å². The quantitative estimate of drug-likeness (QED) is 0.839. The van der Waals surface area contributed by atoms with Crippen molar-refractivity contribution in [2.75, 3.05) is 0 Å². The molecule has 3 heteroatoms. The third-order valence-electron chi connectivity index (χ3n) is 3.29. The number of benzene rings is 1. The summed E-state index contributed by atoms with van der Waals surface area (Å²) in [6, 6.07) is 2.08. The molecule has 0 fully saturated rings. The fourth-order valence-corrected chi connectivity index (χ4v) is 2.65. The van der Waals surface area contributed by atoms with E-state index in [1.54, 1.807) is 6.92 Å². The summed E-state index contributed by atoms with van der Waals surface area (Å²) < 4.78 is 27.0. The Morgan fingerprint density at radius 2 is 1.74 bits per heavy atom. The van der Waals surface area contributed by atoms with Crippen LogP contribution < -0.4 is 5.73 Å². The summed E-state index contributed by atoms with van der Waals surface area (Å²) in [7, 11) is 0. The number of halogens is 2. The molecule has 0 saturated carbocycles. The highest BCUT2D eigenvalue weighted by molar-refractivity contribution is 5.28. The lowest BCUT2D eigenvalue weighted by molar-refractivity contribution is 0.285. The largest absolute Gasteiger partial charge is 0.324 e. The third kappa shape index (κ3) is 4.90. The van der Waals surface area contributed by atoms with Crippen LogP contribution in [0.3, 0.4) is 0 Å². The van der Waals surface area contributed by atoms with Crippen LogP contribution >= 0.6 is 0 Å². The second-order valence-electron chi connectivity index (χ2n) is 6.84. The summed E-state index contributed by atoms with van der Waals surface area (Å²) in [5.41, 5.74) is 7.16. The molecule has 0 saturated heterocycles. The van der Waals surface area contributed by atoms with E-state index in [1.165, 1.54) is 6.07 Å². The molecular formula is C16H25F2N. The van der Waals surface area contributed by atoms with E-state index in [2.05, 4.69) is 27.7 Å². The number of nitrogens with two attached hydrogens (primary N) is 1. The van der Waals surface area contributed by atoms with Gasteiger partial charge in [0, 0.05) is 17.7 Å². The van der Waals surface area contributed by atoms with Crippen molar-refractivity contribution in [2.24, 2.45) is 17.1 Å². The van der Waals surface area contributed by atoms with Crippen molar-refractivity contribution < 1.29 is 8.78 Å². The van der Waals surface area contributed by atoms with E-state index >= 15 is 0 Å². The SMILES string of the molecule is Cc1cc(C(N)CC(C)CC(C)(C)C)c(F)cc1F. The Hall–Kier alpha value is -0.960. The second kappa shape index (κ2) is 6.00. The van der Waals surface area contributed by atoms with Gasteiger partial charge in [-0.1, -0.05) is 27.7 Å². The Kier molecular flexibility index (Phi) is 5.08.